The van der Waals surface area contributed by atoms with Crippen LogP contribution in [0.2, 0.25) is 0 Å². The van der Waals surface area contributed by atoms with Crippen molar-refractivity contribution in [2.45, 2.75) is 57.4 Å². The molecule has 1 aliphatic rings. The first-order chi connectivity index (χ1) is 8.20. The van der Waals surface area contributed by atoms with Gasteiger partial charge in [-0.2, -0.15) is 5.26 Å². The van der Waals surface area contributed by atoms with E-state index in [1.54, 1.807) is 0 Å². The van der Waals surface area contributed by atoms with Crippen molar-refractivity contribution in [1.29, 1.82) is 5.26 Å². The molecule has 0 aromatic rings. The number of hydrogen-bond donors (Lipinski definition) is 1. The lowest BCUT2D eigenvalue weighted by molar-refractivity contribution is 0.236. The van der Waals surface area contributed by atoms with E-state index >= 15 is 0 Å². The minimum absolute atomic E-state index is 0.345. The van der Waals surface area contributed by atoms with Crippen molar-refractivity contribution in [2.24, 2.45) is 0 Å². The van der Waals surface area contributed by atoms with Crippen molar-refractivity contribution in [2.75, 3.05) is 26.7 Å². The fourth-order valence-electron chi connectivity index (χ4n) is 2.43. The molecule has 1 N–H and O–H groups in total. The van der Waals surface area contributed by atoms with E-state index in [9.17, 15) is 0 Å². The van der Waals surface area contributed by atoms with Gasteiger partial charge in [0.25, 0.3) is 0 Å². The van der Waals surface area contributed by atoms with E-state index < -0.39 is 0 Å². The second kappa shape index (κ2) is 7.68. The molecule has 1 heterocycles. The zero-order chi connectivity index (χ0) is 12.6. The molecular formula is C14H27N3. The highest BCUT2D eigenvalue weighted by Gasteiger charge is 2.20. The average Bonchev–Trinajstić information content (AvgIpc) is 2.31. The van der Waals surface area contributed by atoms with Crippen LogP contribution in [0.4, 0.5) is 0 Å². The van der Waals surface area contributed by atoms with Gasteiger partial charge in [0.15, 0.2) is 0 Å². The van der Waals surface area contributed by atoms with Crippen LogP contribution in [0.3, 0.4) is 0 Å². The maximum Gasteiger partial charge on any atom is 0.103 e. The van der Waals surface area contributed by atoms with Crippen LogP contribution in [-0.4, -0.2) is 37.1 Å². The lowest BCUT2D eigenvalue weighted by Gasteiger charge is -2.26. The number of nitrogens with zero attached hydrogens (tertiary/aromatic N) is 2. The van der Waals surface area contributed by atoms with E-state index in [2.05, 4.69) is 16.3 Å². The largest absolute Gasteiger partial charge is 0.303 e. The molecule has 0 aromatic heterocycles. The Morgan fingerprint density at radius 2 is 1.76 bits per heavy atom. The Labute approximate surface area is 106 Å². The van der Waals surface area contributed by atoms with Crippen molar-refractivity contribution in [3.8, 4) is 6.07 Å². The van der Waals surface area contributed by atoms with Crippen LogP contribution in [0.1, 0.15) is 51.9 Å². The molecule has 0 amide bonds. The second-order valence-electron chi connectivity index (χ2n) is 5.41. The van der Waals surface area contributed by atoms with E-state index in [1.807, 2.05) is 14.0 Å². The molecule has 1 aliphatic heterocycles. The molecule has 1 saturated heterocycles. The number of nitrogens with one attached hydrogen (secondary N) is 1. The van der Waals surface area contributed by atoms with Gasteiger partial charge in [-0.05, 0) is 59.3 Å². The predicted molar refractivity (Wildman–Crippen MR) is 71.8 cm³/mol. The summed E-state index contributed by atoms with van der Waals surface area (Å²) in [5, 5.41) is 12.2. The lowest BCUT2D eigenvalue weighted by Crippen LogP contribution is -2.39. The average molecular weight is 237 g/mol. The van der Waals surface area contributed by atoms with Crippen LogP contribution in [0.25, 0.3) is 0 Å². The van der Waals surface area contributed by atoms with Crippen molar-refractivity contribution in [3.05, 3.63) is 0 Å². The molecule has 0 saturated carbocycles. The lowest BCUT2D eigenvalue weighted by atomic mass is 9.97. The van der Waals surface area contributed by atoms with Gasteiger partial charge >= 0.3 is 0 Å². The number of nitriles is 1. The summed E-state index contributed by atoms with van der Waals surface area (Å²) in [7, 11) is 1.87. The summed E-state index contributed by atoms with van der Waals surface area (Å²) < 4.78 is 0. The Morgan fingerprint density at radius 3 is 2.29 bits per heavy atom. The fourth-order valence-corrected chi connectivity index (χ4v) is 2.43. The van der Waals surface area contributed by atoms with Crippen LogP contribution in [0, 0.1) is 11.3 Å². The molecule has 1 fully saturated rings. The van der Waals surface area contributed by atoms with E-state index in [4.69, 9.17) is 5.26 Å². The third-order valence-electron chi connectivity index (χ3n) is 3.90. The standard InChI is InChI=1S/C14H27N3/c1-14(13-15,16-2)9-8-12-17-10-6-4-3-5-7-11-17/h16H,3-12H2,1-2H3. The van der Waals surface area contributed by atoms with Crippen LogP contribution in [-0.2, 0) is 0 Å². The van der Waals surface area contributed by atoms with Crippen LogP contribution >= 0.6 is 0 Å². The summed E-state index contributed by atoms with van der Waals surface area (Å²) in [6.07, 6.45) is 8.95. The van der Waals surface area contributed by atoms with Gasteiger partial charge < -0.3 is 10.2 Å². The number of hydrogen-bond acceptors (Lipinski definition) is 3. The normalized spacial score (nSPS) is 22.2. The topological polar surface area (TPSA) is 39.1 Å². The van der Waals surface area contributed by atoms with Crippen molar-refractivity contribution < 1.29 is 0 Å². The summed E-state index contributed by atoms with van der Waals surface area (Å²) in [6, 6.07) is 2.36. The molecule has 0 aliphatic carbocycles. The summed E-state index contributed by atoms with van der Waals surface area (Å²) in [4.78, 5) is 2.58. The zero-order valence-corrected chi connectivity index (χ0v) is 11.5. The third-order valence-corrected chi connectivity index (χ3v) is 3.90. The van der Waals surface area contributed by atoms with Gasteiger partial charge in [0.05, 0.1) is 6.07 Å². The highest BCUT2D eigenvalue weighted by atomic mass is 15.1. The Balaban J connectivity index is 2.22. The number of likely N-dealkylation sites (tertiary alicyclic amines) is 1. The molecule has 1 unspecified atom stereocenters. The molecule has 1 atom stereocenters. The number of rotatable bonds is 5. The third kappa shape index (κ3) is 5.52. The van der Waals surface area contributed by atoms with E-state index in [-0.39, 0.29) is 5.54 Å². The molecule has 3 heteroatoms. The molecule has 0 radical (unpaired) electrons. The van der Waals surface area contributed by atoms with Gasteiger partial charge in [-0.1, -0.05) is 19.3 Å². The van der Waals surface area contributed by atoms with Crippen LogP contribution in [0.5, 0.6) is 0 Å². The van der Waals surface area contributed by atoms with Gasteiger partial charge in [0, 0.05) is 0 Å². The van der Waals surface area contributed by atoms with Gasteiger partial charge in [-0.3, -0.25) is 0 Å². The minimum Gasteiger partial charge on any atom is -0.303 e. The zero-order valence-electron chi connectivity index (χ0n) is 11.5. The smallest absolute Gasteiger partial charge is 0.103 e. The molecule has 1 rings (SSSR count). The first-order valence-corrected chi connectivity index (χ1v) is 7.03. The molecule has 17 heavy (non-hydrogen) atoms. The van der Waals surface area contributed by atoms with Gasteiger partial charge in [-0.15, -0.1) is 0 Å². The monoisotopic (exact) mass is 237 g/mol. The Morgan fingerprint density at radius 1 is 1.18 bits per heavy atom. The highest BCUT2D eigenvalue weighted by molar-refractivity contribution is 5.02. The molecule has 0 aromatic carbocycles. The summed E-state index contributed by atoms with van der Waals surface area (Å²) in [5.41, 5.74) is -0.345. The highest BCUT2D eigenvalue weighted by Crippen LogP contribution is 2.14. The molecule has 0 spiro atoms. The minimum atomic E-state index is -0.345. The predicted octanol–water partition coefficient (Wildman–Crippen LogP) is 2.53. The van der Waals surface area contributed by atoms with E-state index in [1.165, 1.54) is 45.2 Å². The molecule has 0 bridgehead atoms. The maximum atomic E-state index is 9.08. The SMILES string of the molecule is CNC(C)(C#N)CCCN1CCCCCCC1. The first-order valence-electron chi connectivity index (χ1n) is 7.03. The van der Waals surface area contributed by atoms with E-state index in [0.29, 0.717) is 0 Å². The second-order valence-corrected chi connectivity index (χ2v) is 5.41. The maximum absolute atomic E-state index is 9.08. The quantitative estimate of drug-likeness (QED) is 0.798. The van der Waals surface area contributed by atoms with Gasteiger partial charge in [0.1, 0.15) is 5.54 Å². The Hall–Kier alpha value is -0.590. The summed E-state index contributed by atoms with van der Waals surface area (Å²) >= 11 is 0. The molecule has 3 nitrogen and oxygen atoms in total. The summed E-state index contributed by atoms with van der Waals surface area (Å²) in [5.74, 6) is 0. The Bertz CT molecular complexity index is 238. The fraction of sp³-hybridized carbons (Fsp3) is 0.929. The van der Waals surface area contributed by atoms with Gasteiger partial charge in [-0.25, -0.2) is 0 Å². The van der Waals surface area contributed by atoms with Gasteiger partial charge in [0.2, 0.25) is 0 Å². The van der Waals surface area contributed by atoms with Crippen molar-refractivity contribution >= 4 is 0 Å². The summed E-state index contributed by atoms with van der Waals surface area (Å²) in [6.45, 7) is 5.64. The van der Waals surface area contributed by atoms with Crippen molar-refractivity contribution in [1.82, 2.24) is 10.2 Å². The molecule has 98 valence electrons. The molecular weight excluding hydrogens is 210 g/mol. The Kier molecular flexibility index (Phi) is 6.54. The first kappa shape index (κ1) is 14.5. The van der Waals surface area contributed by atoms with Crippen molar-refractivity contribution in [3.63, 3.8) is 0 Å². The van der Waals surface area contributed by atoms with Crippen LogP contribution in [0.15, 0.2) is 0 Å². The van der Waals surface area contributed by atoms with Crippen LogP contribution < -0.4 is 5.32 Å². The van der Waals surface area contributed by atoms with E-state index in [0.717, 1.165) is 19.4 Å².